The number of sulfone groups is 1. The molecule has 0 radical (unpaired) electrons. The standard InChI is InChI=1S/C22H26N2O6S/c1-16-22(21(23)26,12-15-31(27,28)19-6-3-2-4-7-19)24-20(30-16)17-8-10-18(11-9-17)29-14-5-13-25/h2-4,6-11,16,25H,5,12-15H2,1H3,(H2,23,26)/t16-,22-/m1/s1. The number of nitrogens with two attached hydrogens (primary N) is 1. The average molecular weight is 447 g/mol. The van der Waals surface area contributed by atoms with Crippen molar-refractivity contribution in [1.29, 1.82) is 0 Å². The van der Waals surface area contributed by atoms with Crippen molar-refractivity contribution >= 4 is 21.6 Å². The van der Waals surface area contributed by atoms with Crippen molar-refractivity contribution in [2.24, 2.45) is 10.7 Å². The van der Waals surface area contributed by atoms with Crippen molar-refractivity contribution in [2.45, 2.75) is 36.3 Å². The summed E-state index contributed by atoms with van der Waals surface area (Å²) in [7, 11) is -3.61. The first-order valence-electron chi connectivity index (χ1n) is 9.97. The number of nitrogens with zero attached hydrogens (tertiary/aromatic N) is 1. The van der Waals surface area contributed by atoms with Crippen molar-refractivity contribution in [1.82, 2.24) is 0 Å². The summed E-state index contributed by atoms with van der Waals surface area (Å²) in [4.78, 5) is 17.0. The van der Waals surface area contributed by atoms with Gasteiger partial charge in [-0.3, -0.25) is 4.79 Å². The van der Waals surface area contributed by atoms with Gasteiger partial charge in [0.25, 0.3) is 0 Å². The van der Waals surface area contributed by atoms with Gasteiger partial charge in [0, 0.05) is 18.6 Å². The van der Waals surface area contributed by atoms with E-state index in [9.17, 15) is 13.2 Å². The Balaban J connectivity index is 1.80. The van der Waals surface area contributed by atoms with Crippen molar-refractivity contribution in [3.8, 4) is 5.75 Å². The van der Waals surface area contributed by atoms with Gasteiger partial charge in [-0.2, -0.15) is 0 Å². The Morgan fingerprint density at radius 3 is 2.48 bits per heavy atom. The molecule has 2 atom stereocenters. The van der Waals surface area contributed by atoms with Crippen LogP contribution in [-0.4, -0.2) is 55.9 Å². The van der Waals surface area contributed by atoms with E-state index in [0.717, 1.165) is 0 Å². The molecule has 2 aromatic carbocycles. The third-order valence-corrected chi connectivity index (χ3v) is 6.95. The minimum atomic E-state index is -3.61. The number of carbonyl (C=O) groups is 1. The number of aliphatic hydroxyl groups excluding tert-OH is 1. The molecule has 0 saturated heterocycles. The number of benzene rings is 2. The van der Waals surface area contributed by atoms with Gasteiger partial charge in [0.1, 0.15) is 11.9 Å². The lowest BCUT2D eigenvalue weighted by atomic mass is 9.91. The zero-order valence-electron chi connectivity index (χ0n) is 17.2. The lowest BCUT2D eigenvalue weighted by molar-refractivity contribution is -0.125. The molecule has 3 N–H and O–H groups in total. The Hall–Kier alpha value is -2.91. The molecule has 0 aromatic heterocycles. The van der Waals surface area contributed by atoms with Gasteiger partial charge in [0.2, 0.25) is 11.8 Å². The summed E-state index contributed by atoms with van der Waals surface area (Å²) >= 11 is 0. The van der Waals surface area contributed by atoms with E-state index in [1.807, 2.05) is 0 Å². The molecule has 0 unspecified atom stereocenters. The van der Waals surface area contributed by atoms with Gasteiger partial charge >= 0.3 is 0 Å². The molecule has 31 heavy (non-hydrogen) atoms. The summed E-state index contributed by atoms with van der Waals surface area (Å²) in [5, 5.41) is 8.82. The van der Waals surface area contributed by atoms with Crippen molar-refractivity contribution in [2.75, 3.05) is 19.0 Å². The number of ether oxygens (including phenoxy) is 2. The summed E-state index contributed by atoms with van der Waals surface area (Å²) in [6.07, 6.45) is -0.277. The minimum absolute atomic E-state index is 0.0514. The number of rotatable bonds is 10. The number of aliphatic hydroxyl groups is 1. The second-order valence-electron chi connectivity index (χ2n) is 7.30. The molecule has 8 nitrogen and oxygen atoms in total. The summed E-state index contributed by atoms with van der Waals surface area (Å²) in [6, 6.07) is 15.0. The summed E-state index contributed by atoms with van der Waals surface area (Å²) in [6.45, 7) is 2.10. The normalized spacial score (nSPS) is 20.7. The summed E-state index contributed by atoms with van der Waals surface area (Å²) in [5.74, 6) is -0.172. The quantitative estimate of drug-likeness (QED) is 0.535. The smallest absolute Gasteiger partial charge is 0.249 e. The fourth-order valence-corrected chi connectivity index (χ4v) is 4.71. The van der Waals surface area contributed by atoms with Crippen LogP contribution in [0, 0.1) is 0 Å². The second-order valence-corrected chi connectivity index (χ2v) is 9.41. The zero-order valence-corrected chi connectivity index (χ0v) is 18.0. The van der Waals surface area contributed by atoms with Crippen LogP contribution in [0.25, 0.3) is 0 Å². The lowest BCUT2D eigenvalue weighted by Crippen LogP contribution is -2.49. The van der Waals surface area contributed by atoms with Gasteiger partial charge in [0.15, 0.2) is 15.4 Å². The minimum Gasteiger partial charge on any atom is -0.494 e. The maximum atomic E-state index is 12.7. The van der Waals surface area contributed by atoms with Crippen molar-refractivity contribution in [3.63, 3.8) is 0 Å². The van der Waals surface area contributed by atoms with E-state index in [1.54, 1.807) is 49.4 Å². The number of hydrogen-bond donors (Lipinski definition) is 2. The van der Waals surface area contributed by atoms with E-state index in [1.165, 1.54) is 12.1 Å². The Labute approximate surface area is 181 Å². The summed E-state index contributed by atoms with van der Waals surface area (Å²) < 4.78 is 36.7. The first-order chi connectivity index (χ1) is 14.8. The highest BCUT2D eigenvalue weighted by atomic mass is 32.2. The Kier molecular flexibility index (Phi) is 6.97. The van der Waals surface area contributed by atoms with Crippen molar-refractivity contribution < 1.29 is 27.8 Å². The number of primary amides is 1. The number of hydrogen-bond acceptors (Lipinski definition) is 7. The van der Waals surface area contributed by atoms with Crippen LogP contribution >= 0.6 is 0 Å². The maximum absolute atomic E-state index is 12.7. The zero-order chi connectivity index (χ0) is 22.5. The van der Waals surface area contributed by atoms with Crippen LogP contribution in [0.15, 0.2) is 64.5 Å². The van der Waals surface area contributed by atoms with Crippen LogP contribution in [0.5, 0.6) is 5.75 Å². The van der Waals surface area contributed by atoms with Gasteiger partial charge in [-0.1, -0.05) is 18.2 Å². The van der Waals surface area contributed by atoms with Gasteiger partial charge in [0.05, 0.1) is 17.3 Å². The molecule has 0 saturated carbocycles. The molecule has 2 aromatic rings. The van der Waals surface area contributed by atoms with E-state index in [-0.39, 0.29) is 29.6 Å². The first-order valence-corrected chi connectivity index (χ1v) is 11.6. The van der Waals surface area contributed by atoms with Gasteiger partial charge in [-0.05, 0) is 49.7 Å². The monoisotopic (exact) mass is 446 g/mol. The first kappa shape index (κ1) is 22.8. The fraction of sp³-hybridized carbons (Fsp3) is 0.364. The predicted molar refractivity (Wildman–Crippen MR) is 116 cm³/mol. The third-order valence-electron chi connectivity index (χ3n) is 5.22. The molecule has 0 spiro atoms. The molecular weight excluding hydrogens is 420 g/mol. The van der Waals surface area contributed by atoms with Gasteiger partial charge in [-0.15, -0.1) is 0 Å². The molecule has 3 rings (SSSR count). The van der Waals surface area contributed by atoms with Crippen LogP contribution in [0.4, 0.5) is 0 Å². The number of carbonyl (C=O) groups excluding carboxylic acids is 1. The number of amides is 1. The fourth-order valence-electron chi connectivity index (χ4n) is 3.32. The van der Waals surface area contributed by atoms with E-state index in [0.29, 0.717) is 24.3 Å². The average Bonchev–Trinajstić information content (AvgIpc) is 3.11. The molecule has 1 aliphatic heterocycles. The van der Waals surface area contributed by atoms with Crippen molar-refractivity contribution in [3.05, 3.63) is 60.2 Å². The highest BCUT2D eigenvalue weighted by molar-refractivity contribution is 7.91. The summed E-state index contributed by atoms with van der Waals surface area (Å²) in [5.41, 5.74) is 4.80. The van der Waals surface area contributed by atoms with Crippen LogP contribution in [0.1, 0.15) is 25.3 Å². The molecule has 0 aliphatic carbocycles. The van der Waals surface area contributed by atoms with Crippen LogP contribution < -0.4 is 10.5 Å². The van der Waals surface area contributed by atoms with Crippen LogP contribution in [-0.2, 0) is 19.4 Å². The lowest BCUT2D eigenvalue weighted by Gasteiger charge is -2.25. The molecule has 0 fully saturated rings. The number of aliphatic imine (C=N–C) groups is 1. The molecule has 1 aliphatic rings. The largest absolute Gasteiger partial charge is 0.494 e. The molecule has 1 heterocycles. The van der Waals surface area contributed by atoms with E-state index in [4.69, 9.17) is 20.3 Å². The highest BCUT2D eigenvalue weighted by Gasteiger charge is 2.49. The SMILES string of the molecule is C[C@H]1OC(c2ccc(OCCCO)cc2)=N[C@@]1(CCS(=O)(=O)c1ccccc1)C(N)=O. The molecule has 0 bridgehead atoms. The van der Waals surface area contributed by atoms with Crippen LogP contribution in [0.3, 0.4) is 0 Å². The maximum Gasteiger partial charge on any atom is 0.249 e. The Morgan fingerprint density at radius 2 is 1.87 bits per heavy atom. The predicted octanol–water partition coefficient (Wildman–Crippen LogP) is 1.70. The van der Waals surface area contributed by atoms with E-state index in [2.05, 4.69) is 4.99 Å². The Bertz CT molecular complexity index is 1040. The van der Waals surface area contributed by atoms with Gasteiger partial charge < -0.3 is 20.3 Å². The second kappa shape index (κ2) is 9.49. The molecular formula is C22H26N2O6S. The van der Waals surface area contributed by atoms with E-state index < -0.39 is 27.4 Å². The molecule has 166 valence electrons. The highest BCUT2D eigenvalue weighted by Crippen LogP contribution is 2.33. The topological polar surface area (TPSA) is 128 Å². The third kappa shape index (κ3) is 5.05. The molecule has 9 heteroatoms. The van der Waals surface area contributed by atoms with Crippen LogP contribution in [0.2, 0.25) is 0 Å². The Morgan fingerprint density at radius 1 is 1.19 bits per heavy atom. The van der Waals surface area contributed by atoms with E-state index >= 15 is 0 Å². The molecule has 1 amide bonds. The van der Waals surface area contributed by atoms with Gasteiger partial charge in [-0.25, -0.2) is 13.4 Å².